The first-order chi connectivity index (χ1) is 11.0. The molecule has 2 aliphatic rings. The molecule has 1 aliphatic heterocycles. The summed E-state index contributed by atoms with van der Waals surface area (Å²) in [5.74, 6) is 1.29. The fourth-order valence-electron chi connectivity index (χ4n) is 4.38. The van der Waals surface area contributed by atoms with Gasteiger partial charge in [-0.2, -0.15) is 0 Å². The van der Waals surface area contributed by atoms with E-state index in [1.165, 1.54) is 0 Å². The molecule has 0 aromatic heterocycles. The van der Waals surface area contributed by atoms with Gasteiger partial charge in [-0.05, 0) is 49.8 Å². The molecule has 1 saturated heterocycles. The SMILES string of the molecule is CC[C@@]1(O)CCC[C@@H]2CN(C(=O)c3ccc(C)cc3OC)C[C@@H]21. The highest BCUT2D eigenvalue weighted by molar-refractivity contribution is 5.97. The molecular weight excluding hydrogens is 290 g/mol. The van der Waals surface area contributed by atoms with Gasteiger partial charge in [-0.25, -0.2) is 0 Å². The van der Waals surface area contributed by atoms with Crippen molar-refractivity contribution in [2.24, 2.45) is 11.8 Å². The molecule has 1 aliphatic carbocycles. The Morgan fingerprint density at radius 2 is 2.22 bits per heavy atom. The molecular formula is C19H27NO3. The summed E-state index contributed by atoms with van der Waals surface area (Å²) in [5.41, 5.74) is 1.10. The van der Waals surface area contributed by atoms with Gasteiger partial charge >= 0.3 is 0 Å². The van der Waals surface area contributed by atoms with E-state index < -0.39 is 5.60 Å². The zero-order chi connectivity index (χ0) is 16.6. The van der Waals surface area contributed by atoms with Crippen molar-refractivity contribution in [3.63, 3.8) is 0 Å². The fourth-order valence-corrected chi connectivity index (χ4v) is 4.38. The van der Waals surface area contributed by atoms with Crippen LogP contribution >= 0.6 is 0 Å². The van der Waals surface area contributed by atoms with Gasteiger partial charge < -0.3 is 14.7 Å². The van der Waals surface area contributed by atoms with Gasteiger partial charge in [0.25, 0.3) is 5.91 Å². The third kappa shape index (κ3) is 2.85. The van der Waals surface area contributed by atoms with Gasteiger partial charge in [0.1, 0.15) is 5.75 Å². The van der Waals surface area contributed by atoms with Crippen molar-refractivity contribution in [2.45, 2.75) is 45.1 Å². The smallest absolute Gasteiger partial charge is 0.257 e. The van der Waals surface area contributed by atoms with Crippen molar-refractivity contribution in [3.05, 3.63) is 29.3 Å². The molecule has 1 saturated carbocycles. The second-order valence-corrected chi connectivity index (χ2v) is 7.13. The number of carbonyl (C=O) groups excluding carboxylic acids is 1. The van der Waals surface area contributed by atoms with Crippen LogP contribution in [0.3, 0.4) is 0 Å². The predicted octanol–water partition coefficient (Wildman–Crippen LogP) is 3.02. The third-order valence-corrected chi connectivity index (χ3v) is 5.80. The minimum absolute atomic E-state index is 0.0229. The zero-order valence-electron chi connectivity index (χ0n) is 14.3. The number of amides is 1. The Morgan fingerprint density at radius 1 is 1.43 bits per heavy atom. The van der Waals surface area contributed by atoms with Gasteiger partial charge in [0.2, 0.25) is 0 Å². The van der Waals surface area contributed by atoms with E-state index in [1.807, 2.05) is 30.0 Å². The maximum absolute atomic E-state index is 12.9. The molecule has 23 heavy (non-hydrogen) atoms. The Hall–Kier alpha value is -1.55. The number of aliphatic hydroxyl groups is 1. The molecule has 1 aromatic carbocycles. The lowest BCUT2D eigenvalue weighted by Crippen LogP contribution is -2.44. The van der Waals surface area contributed by atoms with E-state index in [0.717, 1.165) is 37.8 Å². The first kappa shape index (κ1) is 16.3. The first-order valence-corrected chi connectivity index (χ1v) is 8.65. The fraction of sp³-hybridized carbons (Fsp3) is 0.632. The van der Waals surface area contributed by atoms with Crippen molar-refractivity contribution in [3.8, 4) is 5.75 Å². The third-order valence-electron chi connectivity index (χ3n) is 5.80. The quantitative estimate of drug-likeness (QED) is 0.932. The summed E-state index contributed by atoms with van der Waals surface area (Å²) in [6, 6.07) is 5.70. The van der Waals surface area contributed by atoms with Crippen LogP contribution < -0.4 is 4.74 Å². The maximum Gasteiger partial charge on any atom is 0.257 e. The number of methoxy groups -OCH3 is 1. The zero-order valence-corrected chi connectivity index (χ0v) is 14.3. The Bertz CT molecular complexity index is 600. The lowest BCUT2D eigenvalue weighted by molar-refractivity contribution is -0.0609. The van der Waals surface area contributed by atoms with Gasteiger partial charge in [0, 0.05) is 19.0 Å². The first-order valence-electron chi connectivity index (χ1n) is 8.65. The van der Waals surface area contributed by atoms with Crippen LogP contribution in [-0.2, 0) is 0 Å². The van der Waals surface area contributed by atoms with Gasteiger partial charge in [0.05, 0.1) is 18.3 Å². The summed E-state index contributed by atoms with van der Waals surface area (Å²) in [6.45, 7) is 5.45. The predicted molar refractivity (Wildman–Crippen MR) is 89.7 cm³/mol. The molecule has 1 heterocycles. The maximum atomic E-state index is 12.9. The monoisotopic (exact) mass is 317 g/mol. The van der Waals surface area contributed by atoms with Crippen molar-refractivity contribution in [2.75, 3.05) is 20.2 Å². The van der Waals surface area contributed by atoms with Gasteiger partial charge in [-0.1, -0.05) is 19.4 Å². The van der Waals surface area contributed by atoms with Gasteiger partial charge in [-0.3, -0.25) is 4.79 Å². The second kappa shape index (κ2) is 6.16. The van der Waals surface area contributed by atoms with Crippen LogP contribution in [0, 0.1) is 18.8 Å². The van der Waals surface area contributed by atoms with Crippen LogP contribution in [-0.4, -0.2) is 41.7 Å². The Labute approximate surface area is 138 Å². The molecule has 4 heteroatoms. The lowest BCUT2D eigenvalue weighted by Gasteiger charge is -2.40. The number of aryl methyl sites for hydroxylation is 1. The summed E-state index contributed by atoms with van der Waals surface area (Å²) in [7, 11) is 1.60. The molecule has 1 amide bonds. The van der Waals surface area contributed by atoms with Crippen LogP contribution in [0.4, 0.5) is 0 Å². The van der Waals surface area contributed by atoms with Crippen molar-refractivity contribution < 1.29 is 14.6 Å². The standard InChI is InChI=1S/C19H27NO3/c1-4-19(22)9-5-6-14-11-20(12-16(14)19)18(21)15-8-7-13(2)10-17(15)23-3/h7-8,10,14,16,22H,4-6,9,11-12H2,1-3H3/t14-,16+,19-/m1/s1. The number of fused-ring (bicyclic) bond motifs is 1. The molecule has 2 fully saturated rings. The van der Waals surface area contributed by atoms with Crippen LogP contribution in [0.1, 0.15) is 48.5 Å². The van der Waals surface area contributed by atoms with E-state index in [2.05, 4.69) is 6.92 Å². The topological polar surface area (TPSA) is 49.8 Å². The summed E-state index contributed by atoms with van der Waals surface area (Å²) in [6.07, 6.45) is 3.80. The molecule has 4 nitrogen and oxygen atoms in total. The van der Waals surface area contributed by atoms with E-state index in [-0.39, 0.29) is 11.8 Å². The van der Waals surface area contributed by atoms with Crippen molar-refractivity contribution >= 4 is 5.91 Å². The van der Waals surface area contributed by atoms with E-state index in [1.54, 1.807) is 7.11 Å². The molecule has 1 aromatic rings. The van der Waals surface area contributed by atoms with E-state index in [4.69, 9.17) is 4.74 Å². The van der Waals surface area contributed by atoms with E-state index >= 15 is 0 Å². The number of benzene rings is 1. The van der Waals surface area contributed by atoms with Crippen LogP contribution in [0.5, 0.6) is 5.75 Å². The molecule has 1 N–H and O–H groups in total. The average Bonchev–Trinajstić information content (AvgIpc) is 3.00. The lowest BCUT2D eigenvalue weighted by atomic mass is 9.69. The molecule has 126 valence electrons. The van der Waals surface area contributed by atoms with Crippen LogP contribution in [0.15, 0.2) is 18.2 Å². The minimum atomic E-state index is -0.602. The number of nitrogens with zero attached hydrogens (tertiary/aromatic N) is 1. The highest BCUT2D eigenvalue weighted by atomic mass is 16.5. The number of ether oxygens (including phenoxy) is 1. The number of carbonyl (C=O) groups is 1. The summed E-state index contributed by atoms with van der Waals surface area (Å²) < 4.78 is 5.39. The minimum Gasteiger partial charge on any atom is -0.496 e. The van der Waals surface area contributed by atoms with E-state index in [0.29, 0.717) is 23.8 Å². The molecule has 3 rings (SSSR count). The second-order valence-electron chi connectivity index (χ2n) is 7.13. The highest BCUT2D eigenvalue weighted by Crippen LogP contribution is 2.44. The summed E-state index contributed by atoms with van der Waals surface area (Å²) in [5, 5.41) is 10.9. The van der Waals surface area contributed by atoms with Gasteiger partial charge in [-0.15, -0.1) is 0 Å². The van der Waals surface area contributed by atoms with Crippen molar-refractivity contribution in [1.82, 2.24) is 4.90 Å². The summed E-state index contributed by atoms with van der Waals surface area (Å²) in [4.78, 5) is 14.9. The summed E-state index contributed by atoms with van der Waals surface area (Å²) >= 11 is 0. The Morgan fingerprint density at radius 3 is 2.91 bits per heavy atom. The Kier molecular flexibility index (Phi) is 4.37. The number of rotatable bonds is 3. The molecule has 3 atom stereocenters. The molecule has 0 unspecified atom stereocenters. The number of hydrogen-bond donors (Lipinski definition) is 1. The van der Waals surface area contributed by atoms with Crippen LogP contribution in [0.25, 0.3) is 0 Å². The largest absolute Gasteiger partial charge is 0.496 e. The molecule has 0 spiro atoms. The molecule has 0 bridgehead atoms. The Balaban J connectivity index is 1.82. The average molecular weight is 317 g/mol. The number of hydrogen-bond acceptors (Lipinski definition) is 3. The highest BCUT2D eigenvalue weighted by Gasteiger charge is 2.48. The van der Waals surface area contributed by atoms with Gasteiger partial charge in [0.15, 0.2) is 0 Å². The van der Waals surface area contributed by atoms with E-state index in [9.17, 15) is 9.90 Å². The van der Waals surface area contributed by atoms with Crippen molar-refractivity contribution in [1.29, 1.82) is 0 Å². The number of likely N-dealkylation sites (tertiary alicyclic amines) is 1. The molecule has 0 radical (unpaired) electrons. The van der Waals surface area contributed by atoms with Crippen LogP contribution in [0.2, 0.25) is 0 Å². The normalized spacial score (nSPS) is 30.2.